The van der Waals surface area contributed by atoms with E-state index < -0.39 is 10.2 Å². The van der Waals surface area contributed by atoms with Crippen molar-refractivity contribution in [2.75, 3.05) is 33.2 Å². The fraction of sp³-hybridized carbons (Fsp3) is 0.789. The molecule has 3 rings (SSSR count). The van der Waals surface area contributed by atoms with E-state index in [-0.39, 0.29) is 17.9 Å². The number of piperazine rings is 1. The molecule has 1 saturated carbocycles. The van der Waals surface area contributed by atoms with Gasteiger partial charge in [0.05, 0.1) is 5.69 Å². The van der Waals surface area contributed by atoms with Gasteiger partial charge in [0, 0.05) is 45.2 Å². The van der Waals surface area contributed by atoms with Crippen molar-refractivity contribution in [3.63, 3.8) is 0 Å². The molecule has 0 N–H and O–H groups in total. The Morgan fingerprint density at radius 1 is 1.14 bits per heavy atom. The van der Waals surface area contributed by atoms with Crippen LogP contribution in [0.3, 0.4) is 0 Å². The van der Waals surface area contributed by atoms with Crippen LogP contribution in [0.5, 0.6) is 0 Å². The van der Waals surface area contributed by atoms with Crippen LogP contribution >= 0.6 is 0 Å². The van der Waals surface area contributed by atoms with Crippen molar-refractivity contribution in [2.24, 2.45) is 0 Å². The summed E-state index contributed by atoms with van der Waals surface area (Å²) in [5.74, 6) is 0.528. The Labute approximate surface area is 168 Å². The predicted molar refractivity (Wildman–Crippen MR) is 106 cm³/mol. The van der Waals surface area contributed by atoms with Crippen LogP contribution in [0.15, 0.2) is 4.52 Å². The normalized spacial score (nSPS) is 20.3. The molecule has 0 unspecified atom stereocenters. The highest BCUT2D eigenvalue weighted by Crippen LogP contribution is 2.27. The molecule has 1 aliphatic heterocycles. The minimum atomic E-state index is -3.50. The number of carbonyl (C=O) groups excluding carboxylic acids is 1. The van der Waals surface area contributed by atoms with Crippen LogP contribution in [0.4, 0.5) is 0 Å². The van der Waals surface area contributed by atoms with Crippen molar-refractivity contribution in [1.82, 2.24) is 18.7 Å². The maximum Gasteiger partial charge on any atom is 0.282 e. The first-order chi connectivity index (χ1) is 13.2. The van der Waals surface area contributed by atoms with Crippen LogP contribution in [0.1, 0.15) is 73.7 Å². The molecule has 0 radical (unpaired) electrons. The summed E-state index contributed by atoms with van der Waals surface area (Å²) in [6.07, 6.45) is 5.22. The summed E-state index contributed by atoms with van der Waals surface area (Å²) in [4.78, 5) is 14.7. The van der Waals surface area contributed by atoms with Gasteiger partial charge in [0.2, 0.25) is 0 Å². The van der Waals surface area contributed by atoms with Gasteiger partial charge in [0.25, 0.3) is 16.1 Å². The maximum absolute atomic E-state index is 13.0. The van der Waals surface area contributed by atoms with E-state index in [2.05, 4.69) is 5.16 Å². The van der Waals surface area contributed by atoms with E-state index in [0.717, 1.165) is 25.7 Å². The number of hydrogen-bond donors (Lipinski definition) is 0. The van der Waals surface area contributed by atoms with Gasteiger partial charge >= 0.3 is 0 Å². The SMILES string of the molecule is Cc1noc(C(C)C)c1C(=O)N1CCN(S(=O)(=O)N(C)C2CCCCC2)CC1. The smallest absolute Gasteiger partial charge is 0.282 e. The molecule has 2 heterocycles. The summed E-state index contributed by atoms with van der Waals surface area (Å²) in [6.45, 7) is 7.06. The quantitative estimate of drug-likeness (QED) is 0.741. The highest BCUT2D eigenvalue weighted by atomic mass is 32.2. The zero-order chi connectivity index (χ0) is 20.5. The van der Waals surface area contributed by atoms with Gasteiger partial charge < -0.3 is 9.42 Å². The van der Waals surface area contributed by atoms with Gasteiger partial charge in [-0.2, -0.15) is 17.0 Å². The van der Waals surface area contributed by atoms with Crippen LogP contribution in [-0.2, 0) is 10.2 Å². The predicted octanol–water partition coefficient (Wildman–Crippen LogP) is 2.37. The van der Waals surface area contributed by atoms with Gasteiger partial charge in [-0.1, -0.05) is 38.3 Å². The van der Waals surface area contributed by atoms with Gasteiger partial charge in [-0.15, -0.1) is 0 Å². The summed E-state index contributed by atoms with van der Waals surface area (Å²) >= 11 is 0. The summed E-state index contributed by atoms with van der Waals surface area (Å²) in [6, 6.07) is 0.0895. The van der Waals surface area contributed by atoms with Crippen molar-refractivity contribution < 1.29 is 17.7 Å². The lowest BCUT2D eigenvalue weighted by molar-refractivity contribution is 0.0689. The number of nitrogens with zero attached hydrogens (tertiary/aromatic N) is 4. The van der Waals surface area contributed by atoms with E-state index in [0.29, 0.717) is 43.2 Å². The third-order valence-electron chi connectivity index (χ3n) is 5.93. The molecular weight excluding hydrogens is 380 g/mol. The third kappa shape index (κ3) is 4.11. The third-order valence-corrected chi connectivity index (χ3v) is 7.98. The highest BCUT2D eigenvalue weighted by molar-refractivity contribution is 7.86. The van der Waals surface area contributed by atoms with Crippen molar-refractivity contribution in [2.45, 2.75) is 64.8 Å². The van der Waals surface area contributed by atoms with Crippen molar-refractivity contribution in [3.8, 4) is 0 Å². The average molecular weight is 413 g/mol. The van der Waals surface area contributed by atoms with E-state index in [4.69, 9.17) is 4.52 Å². The molecule has 8 nitrogen and oxygen atoms in total. The fourth-order valence-corrected chi connectivity index (χ4v) is 5.71. The molecule has 9 heteroatoms. The molecule has 0 aromatic carbocycles. The molecule has 1 aromatic heterocycles. The Morgan fingerprint density at radius 3 is 2.32 bits per heavy atom. The lowest BCUT2D eigenvalue weighted by Gasteiger charge is -2.38. The molecule has 1 aromatic rings. The summed E-state index contributed by atoms with van der Waals surface area (Å²) < 4.78 is 34.4. The number of aromatic nitrogens is 1. The number of hydrogen-bond acceptors (Lipinski definition) is 5. The van der Waals surface area contributed by atoms with Crippen LogP contribution in [0.25, 0.3) is 0 Å². The van der Waals surface area contributed by atoms with E-state index in [1.807, 2.05) is 13.8 Å². The topological polar surface area (TPSA) is 87.0 Å². The van der Waals surface area contributed by atoms with E-state index in [1.54, 1.807) is 23.2 Å². The van der Waals surface area contributed by atoms with Crippen LogP contribution in [0, 0.1) is 6.92 Å². The molecule has 158 valence electrons. The van der Waals surface area contributed by atoms with Gasteiger partial charge in [-0.3, -0.25) is 4.79 Å². The summed E-state index contributed by atoms with van der Waals surface area (Å²) in [5, 5.41) is 3.95. The van der Waals surface area contributed by atoms with E-state index in [9.17, 15) is 13.2 Å². The largest absolute Gasteiger partial charge is 0.360 e. The van der Waals surface area contributed by atoms with Gasteiger partial charge in [-0.25, -0.2) is 0 Å². The number of carbonyl (C=O) groups is 1. The second kappa shape index (κ2) is 8.51. The van der Waals surface area contributed by atoms with Gasteiger partial charge in [0.1, 0.15) is 5.56 Å². The molecule has 0 spiro atoms. The van der Waals surface area contributed by atoms with Gasteiger partial charge in [-0.05, 0) is 19.8 Å². The Morgan fingerprint density at radius 2 is 1.75 bits per heavy atom. The zero-order valence-corrected chi connectivity index (χ0v) is 18.2. The number of rotatable bonds is 5. The first kappa shape index (κ1) is 21.3. The Hall–Kier alpha value is -1.45. The zero-order valence-electron chi connectivity index (χ0n) is 17.3. The second-order valence-corrected chi connectivity index (χ2v) is 10.2. The molecule has 28 heavy (non-hydrogen) atoms. The first-order valence-corrected chi connectivity index (χ1v) is 11.6. The summed E-state index contributed by atoms with van der Waals surface area (Å²) in [7, 11) is -1.80. The Balaban J connectivity index is 1.65. The fourth-order valence-electron chi connectivity index (χ4n) is 4.14. The first-order valence-electron chi connectivity index (χ1n) is 10.2. The number of amides is 1. The number of aryl methyl sites for hydroxylation is 1. The average Bonchev–Trinajstić information content (AvgIpc) is 3.09. The molecule has 2 fully saturated rings. The minimum absolute atomic E-state index is 0.0611. The van der Waals surface area contributed by atoms with Crippen molar-refractivity contribution >= 4 is 16.1 Å². The molecule has 1 amide bonds. The standard InChI is InChI=1S/C19H32N4O4S/c1-14(2)18-17(15(3)20-27-18)19(24)22-10-12-23(13-11-22)28(25,26)21(4)16-8-6-5-7-9-16/h14,16H,5-13H2,1-4H3. The molecular formula is C19H32N4O4S. The molecule has 1 aliphatic carbocycles. The van der Waals surface area contributed by atoms with Crippen LogP contribution in [-0.4, -0.2) is 72.3 Å². The lowest BCUT2D eigenvalue weighted by atomic mass is 9.96. The monoisotopic (exact) mass is 412 g/mol. The maximum atomic E-state index is 13.0. The lowest BCUT2D eigenvalue weighted by Crippen LogP contribution is -2.55. The molecule has 2 aliphatic rings. The molecule has 1 saturated heterocycles. The molecule has 0 atom stereocenters. The van der Waals surface area contributed by atoms with E-state index in [1.165, 1.54) is 10.7 Å². The van der Waals surface area contributed by atoms with Crippen molar-refractivity contribution in [3.05, 3.63) is 17.0 Å². The second-order valence-electron chi connectivity index (χ2n) is 8.17. The van der Waals surface area contributed by atoms with Crippen LogP contribution in [0.2, 0.25) is 0 Å². The van der Waals surface area contributed by atoms with E-state index >= 15 is 0 Å². The summed E-state index contributed by atoms with van der Waals surface area (Å²) in [5.41, 5.74) is 1.10. The van der Waals surface area contributed by atoms with Gasteiger partial charge in [0.15, 0.2) is 5.76 Å². The van der Waals surface area contributed by atoms with Crippen LogP contribution < -0.4 is 0 Å². The van der Waals surface area contributed by atoms with Crippen molar-refractivity contribution in [1.29, 1.82) is 0 Å². The molecule has 0 bridgehead atoms. The Kier molecular flexibility index (Phi) is 6.46. The Bertz CT molecular complexity index is 791. The highest BCUT2D eigenvalue weighted by Gasteiger charge is 2.36. The minimum Gasteiger partial charge on any atom is -0.360 e.